The van der Waals surface area contributed by atoms with E-state index in [1.807, 2.05) is 36.4 Å². The highest BCUT2D eigenvalue weighted by Gasteiger charge is 2.15. The molecule has 3 aromatic rings. The molecule has 0 atom stereocenters. The fraction of sp³-hybridized carbons (Fsp3) is 0. The second-order valence-corrected chi connectivity index (χ2v) is 4.29. The largest absolute Gasteiger partial charge is 0.278 e. The number of rotatable bonds is 1. The molecule has 0 aliphatic carbocycles. The molecule has 0 radical (unpaired) electrons. The molecule has 0 N–H and O–H groups in total. The molecule has 1 aromatic carbocycles. The van der Waals surface area contributed by atoms with Gasteiger partial charge in [-0.15, -0.1) is 0 Å². The van der Waals surface area contributed by atoms with Crippen molar-refractivity contribution in [2.24, 2.45) is 0 Å². The highest BCUT2D eigenvalue weighted by Crippen LogP contribution is 2.27. The van der Waals surface area contributed by atoms with E-state index in [4.69, 9.17) is 10.5 Å². The highest BCUT2D eigenvalue weighted by molar-refractivity contribution is 7.10. The van der Waals surface area contributed by atoms with Crippen LogP contribution < -0.4 is 0 Å². The van der Waals surface area contributed by atoms with Crippen molar-refractivity contribution < 1.29 is 0 Å². The summed E-state index contributed by atoms with van der Waals surface area (Å²) in [6.45, 7) is 0. The highest BCUT2D eigenvalue weighted by atomic mass is 32.1. The van der Waals surface area contributed by atoms with Crippen LogP contribution >= 0.6 is 11.5 Å². The number of hydrogen-bond acceptors (Lipinski definition) is 5. The van der Waals surface area contributed by atoms with Crippen molar-refractivity contribution in [1.29, 1.82) is 10.5 Å². The summed E-state index contributed by atoms with van der Waals surface area (Å²) in [7, 11) is 0. The van der Waals surface area contributed by atoms with Crippen molar-refractivity contribution >= 4 is 22.4 Å². The molecule has 6 heteroatoms. The third-order valence-corrected chi connectivity index (χ3v) is 3.44. The average molecular weight is 251 g/mol. The molecule has 18 heavy (non-hydrogen) atoms. The van der Waals surface area contributed by atoms with E-state index in [0.29, 0.717) is 0 Å². The van der Waals surface area contributed by atoms with Crippen LogP contribution in [0.1, 0.15) is 11.4 Å². The number of benzene rings is 1. The molecule has 0 amide bonds. The summed E-state index contributed by atoms with van der Waals surface area (Å²) in [5.74, 6) is 0. The SMILES string of the molecule is N#Cc1ncn(-c2snc3ccccc23)c1C#N. The van der Waals surface area contributed by atoms with Crippen molar-refractivity contribution in [2.45, 2.75) is 0 Å². The summed E-state index contributed by atoms with van der Waals surface area (Å²) >= 11 is 1.28. The minimum absolute atomic E-state index is 0.134. The maximum absolute atomic E-state index is 9.11. The Morgan fingerprint density at radius 1 is 1.17 bits per heavy atom. The Balaban J connectivity index is 2.31. The fourth-order valence-corrected chi connectivity index (χ4v) is 2.58. The molecule has 0 aliphatic heterocycles. The number of hydrogen-bond donors (Lipinski definition) is 0. The van der Waals surface area contributed by atoms with Gasteiger partial charge >= 0.3 is 0 Å². The van der Waals surface area contributed by atoms with Crippen LogP contribution in [0.15, 0.2) is 30.6 Å². The first kappa shape index (κ1) is 10.5. The fourth-order valence-electron chi connectivity index (χ4n) is 1.74. The van der Waals surface area contributed by atoms with Crippen LogP contribution in [0.4, 0.5) is 0 Å². The van der Waals surface area contributed by atoms with Crippen LogP contribution in [-0.4, -0.2) is 13.9 Å². The second-order valence-electron chi connectivity index (χ2n) is 3.54. The lowest BCUT2D eigenvalue weighted by Gasteiger charge is -1.99. The van der Waals surface area contributed by atoms with Crippen LogP contribution in [0.3, 0.4) is 0 Å². The molecule has 5 nitrogen and oxygen atoms in total. The van der Waals surface area contributed by atoms with Gasteiger partial charge in [-0.05, 0) is 23.7 Å². The van der Waals surface area contributed by atoms with Gasteiger partial charge in [0.1, 0.15) is 23.5 Å². The molecule has 2 aromatic heterocycles. The lowest BCUT2D eigenvalue weighted by atomic mass is 10.2. The quantitative estimate of drug-likeness (QED) is 0.664. The summed E-state index contributed by atoms with van der Waals surface area (Å²) < 4.78 is 5.92. The Labute approximate surface area is 106 Å². The maximum atomic E-state index is 9.11. The van der Waals surface area contributed by atoms with Crippen LogP contribution in [0.2, 0.25) is 0 Å². The van der Waals surface area contributed by atoms with Gasteiger partial charge in [0.25, 0.3) is 0 Å². The summed E-state index contributed by atoms with van der Waals surface area (Å²) in [6, 6.07) is 11.6. The molecule has 0 spiro atoms. The van der Waals surface area contributed by atoms with E-state index in [9.17, 15) is 0 Å². The molecule has 0 fully saturated rings. The number of nitriles is 2. The zero-order valence-electron chi connectivity index (χ0n) is 9.03. The molecule has 84 valence electrons. The van der Waals surface area contributed by atoms with Gasteiger partial charge in [-0.3, -0.25) is 4.57 Å². The Bertz CT molecular complexity index is 815. The van der Waals surface area contributed by atoms with E-state index in [0.717, 1.165) is 15.9 Å². The number of aromatic nitrogens is 3. The topological polar surface area (TPSA) is 78.3 Å². The van der Waals surface area contributed by atoms with Crippen molar-refractivity contribution in [3.63, 3.8) is 0 Å². The van der Waals surface area contributed by atoms with Crippen LogP contribution in [0.25, 0.3) is 15.9 Å². The van der Waals surface area contributed by atoms with Gasteiger partial charge in [0.2, 0.25) is 0 Å². The zero-order chi connectivity index (χ0) is 12.5. The van der Waals surface area contributed by atoms with Gasteiger partial charge < -0.3 is 0 Å². The minimum atomic E-state index is 0.134. The van der Waals surface area contributed by atoms with E-state index < -0.39 is 0 Å². The molecule has 0 saturated carbocycles. The molecule has 0 unspecified atom stereocenters. The molecule has 3 rings (SSSR count). The van der Waals surface area contributed by atoms with Crippen LogP contribution in [-0.2, 0) is 0 Å². The van der Waals surface area contributed by atoms with E-state index in [2.05, 4.69) is 9.36 Å². The summed E-state index contributed by atoms with van der Waals surface area (Å²) in [5, 5.41) is 19.7. The average Bonchev–Trinajstić information content (AvgIpc) is 3.01. The smallest absolute Gasteiger partial charge is 0.177 e. The van der Waals surface area contributed by atoms with Gasteiger partial charge in [0.05, 0.1) is 5.52 Å². The Morgan fingerprint density at radius 3 is 2.78 bits per heavy atom. The standard InChI is InChI=1S/C12H5N5S/c13-5-10-11(6-14)17(7-15-10)12-8-3-1-2-4-9(8)16-18-12/h1-4,7H. The predicted molar refractivity (Wildman–Crippen MR) is 66.2 cm³/mol. The van der Waals surface area contributed by atoms with Gasteiger partial charge in [-0.25, -0.2) is 4.98 Å². The van der Waals surface area contributed by atoms with Gasteiger partial charge in [0, 0.05) is 5.39 Å². The first-order valence-corrected chi connectivity index (χ1v) is 5.85. The number of fused-ring (bicyclic) bond motifs is 1. The third kappa shape index (κ3) is 1.37. The normalized spacial score (nSPS) is 10.1. The maximum Gasteiger partial charge on any atom is 0.177 e. The first-order valence-electron chi connectivity index (χ1n) is 5.07. The van der Waals surface area contributed by atoms with Crippen molar-refractivity contribution in [1.82, 2.24) is 13.9 Å². The number of imidazole rings is 1. The Kier molecular flexibility index (Phi) is 2.30. The molecule has 0 saturated heterocycles. The zero-order valence-corrected chi connectivity index (χ0v) is 9.85. The predicted octanol–water partition coefficient (Wildman–Crippen LogP) is 2.23. The molecule has 0 aliphatic rings. The second kappa shape index (κ2) is 3.95. The number of nitrogens with zero attached hydrogens (tertiary/aromatic N) is 5. The van der Waals surface area contributed by atoms with Crippen molar-refractivity contribution in [3.8, 4) is 17.1 Å². The van der Waals surface area contributed by atoms with Crippen LogP contribution in [0.5, 0.6) is 0 Å². The van der Waals surface area contributed by atoms with E-state index >= 15 is 0 Å². The third-order valence-electron chi connectivity index (χ3n) is 2.56. The monoisotopic (exact) mass is 251 g/mol. The van der Waals surface area contributed by atoms with Gasteiger partial charge in [-0.2, -0.15) is 14.9 Å². The van der Waals surface area contributed by atoms with Crippen molar-refractivity contribution in [2.75, 3.05) is 0 Å². The lowest BCUT2D eigenvalue weighted by Crippen LogP contribution is -1.94. The van der Waals surface area contributed by atoms with Gasteiger partial charge in [0.15, 0.2) is 11.4 Å². The van der Waals surface area contributed by atoms with E-state index in [-0.39, 0.29) is 11.4 Å². The first-order chi connectivity index (χ1) is 8.85. The minimum Gasteiger partial charge on any atom is -0.278 e. The van der Waals surface area contributed by atoms with E-state index in [1.54, 1.807) is 4.57 Å². The summed E-state index contributed by atoms with van der Waals surface area (Å²) in [6.07, 6.45) is 1.48. The summed E-state index contributed by atoms with van der Waals surface area (Å²) in [4.78, 5) is 3.93. The van der Waals surface area contributed by atoms with Crippen LogP contribution in [0, 0.1) is 22.7 Å². The lowest BCUT2D eigenvalue weighted by molar-refractivity contribution is 1.07. The molecule has 0 bridgehead atoms. The Hall–Kier alpha value is -2.70. The van der Waals surface area contributed by atoms with E-state index in [1.165, 1.54) is 17.9 Å². The van der Waals surface area contributed by atoms with Crippen molar-refractivity contribution in [3.05, 3.63) is 42.0 Å². The molecular formula is C12H5N5S. The summed E-state index contributed by atoms with van der Waals surface area (Å²) in [5.41, 5.74) is 1.25. The molecule has 2 heterocycles. The van der Waals surface area contributed by atoms with Gasteiger partial charge in [-0.1, -0.05) is 12.1 Å². The Morgan fingerprint density at radius 2 is 2.00 bits per heavy atom. The molecular weight excluding hydrogens is 246 g/mol.